The van der Waals surface area contributed by atoms with Gasteiger partial charge in [0.1, 0.15) is 12.2 Å². The summed E-state index contributed by atoms with van der Waals surface area (Å²) in [4.78, 5) is 0. The Kier molecular flexibility index (Phi) is 3.97. The molecule has 4 nitrogen and oxygen atoms in total. The van der Waals surface area contributed by atoms with E-state index in [-0.39, 0.29) is 0 Å². The Hall–Kier alpha value is -2.20. The van der Waals surface area contributed by atoms with Crippen LogP contribution in [0.15, 0.2) is 48.8 Å². The summed E-state index contributed by atoms with van der Waals surface area (Å²) in [5.74, 6) is 1.01. The predicted molar refractivity (Wildman–Crippen MR) is 85.1 cm³/mol. The molecule has 1 unspecified atom stereocenters. The lowest BCUT2D eigenvalue weighted by molar-refractivity contribution is 0.567. The molecule has 0 bridgehead atoms. The molecule has 0 aliphatic rings. The summed E-state index contributed by atoms with van der Waals surface area (Å²) in [6.45, 7) is 3.09. The smallest absolute Gasteiger partial charge is 0.133 e. The first-order chi connectivity index (χ1) is 10.3. The first-order valence-corrected chi connectivity index (χ1v) is 7.29. The van der Waals surface area contributed by atoms with Gasteiger partial charge in [0.2, 0.25) is 0 Å². The van der Waals surface area contributed by atoms with Crippen LogP contribution in [-0.2, 0) is 13.5 Å². The van der Waals surface area contributed by atoms with Crippen LogP contribution in [0.3, 0.4) is 0 Å². The molecule has 0 saturated carbocycles. The number of nitrogens with one attached hydrogen (secondary N) is 1. The second-order valence-electron chi connectivity index (χ2n) is 5.35. The Bertz CT molecular complexity index is 727. The van der Waals surface area contributed by atoms with Gasteiger partial charge in [-0.3, -0.25) is 0 Å². The Morgan fingerprint density at radius 3 is 2.76 bits per heavy atom. The van der Waals surface area contributed by atoms with Gasteiger partial charge in [0.15, 0.2) is 0 Å². The standard InChI is InChI=1S/C17H20N4/c1-13(18-11-10-17-20-19-12-21(17)2)15-9-5-7-14-6-3-4-8-16(14)15/h3-9,12-13,18H,10-11H2,1-2H3. The van der Waals surface area contributed by atoms with Crippen LogP contribution < -0.4 is 5.32 Å². The molecule has 0 aliphatic heterocycles. The lowest BCUT2D eigenvalue weighted by Gasteiger charge is -2.16. The number of rotatable bonds is 5. The van der Waals surface area contributed by atoms with Gasteiger partial charge in [-0.2, -0.15) is 0 Å². The quantitative estimate of drug-likeness (QED) is 0.781. The van der Waals surface area contributed by atoms with Crippen molar-refractivity contribution in [3.05, 3.63) is 60.2 Å². The van der Waals surface area contributed by atoms with Crippen molar-refractivity contribution in [1.82, 2.24) is 20.1 Å². The van der Waals surface area contributed by atoms with E-state index in [2.05, 4.69) is 64.9 Å². The van der Waals surface area contributed by atoms with Crippen molar-refractivity contribution in [1.29, 1.82) is 0 Å². The van der Waals surface area contributed by atoms with Gasteiger partial charge in [-0.05, 0) is 23.3 Å². The van der Waals surface area contributed by atoms with Crippen LogP contribution in [0.2, 0.25) is 0 Å². The van der Waals surface area contributed by atoms with Gasteiger partial charge in [0.05, 0.1) is 0 Å². The van der Waals surface area contributed by atoms with Crippen LogP contribution in [-0.4, -0.2) is 21.3 Å². The minimum Gasteiger partial charge on any atom is -0.321 e. The van der Waals surface area contributed by atoms with Crippen molar-refractivity contribution < 1.29 is 0 Å². The van der Waals surface area contributed by atoms with Gasteiger partial charge >= 0.3 is 0 Å². The summed E-state index contributed by atoms with van der Waals surface area (Å²) in [5.41, 5.74) is 1.34. The third kappa shape index (κ3) is 2.95. The molecule has 4 heteroatoms. The molecule has 1 atom stereocenters. The molecule has 0 aliphatic carbocycles. The van der Waals surface area contributed by atoms with Crippen molar-refractivity contribution in [2.24, 2.45) is 7.05 Å². The SMILES string of the molecule is CC(NCCc1nncn1C)c1cccc2ccccc12. The number of nitrogens with zero attached hydrogens (tertiary/aromatic N) is 3. The lowest BCUT2D eigenvalue weighted by Crippen LogP contribution is -2.22. The minimum atomic E-state index is 0.310. The Labute approximate surface area is 124 Å². The molecular weight excluding hydrogens is 260 g/mol. The summed E-state index contributed by atoms with van der Waals surface area (Å²) < 4.78 is 1.96. The second kappa shape index (κ2) is 6.06. The average molecular weight is 280 g/mol. The largest absolute Gasteiger partial charge is 0.321 e. The van der Waals surface area contributed by atoms with Gasteiger partial charge in [0.25, 0.3) is 0 Å². The van der Waals surface area contributed by atoms with Crippen molar-refractivity contribution in [3.63, 3.8) is 0 Å². The Balaban J connectivity index is 1.69. The zero-order chi connectivity index (χ0) is 14.7. The molecule has 108 valence electrons. The maximum absolute atomic E-state index is 4.11. The average Bonchev–Trinajstić information content (AvgIpc) is 2.92. The molecule has 21 heavy (non-hydrogen) atoms. The van der Waals surface area contributed by atoms with E-state index in [0.29, 0.717) is 6.04 Å². The third-order valence-electron chi connectivity index (χ3n) is 3.89. The molecule has 1 aromatic heterocycles. The highest BCUT2D eigenvalue weighted by Crippen LogP contribution is 2.23. The summed E-state index contributed by atoms with van der Waals surface area (Å²) in [6.07, 6.45) is 2.62. The van der Waals surface area contributed by atoms with E-state index in [1.807, 2.05) is 11.6 Å². The van der Waals surface area contributed by atoms with E-state index in [0.717, 1.165) is 18.8 Å². The van der Waals surface area contributed by atoms with Crippen LogP contribution >= 0.6 is 0 Å². The van der Waals surface area contributed by atoms with Crippen molar-refractivity contribution in [3.8, 4) is 0 Å². The van der Waals surface area contributed by atoms with Crippen LogP contribution in [0.1, 0.15) is 24.4 Å². The molecule has 3 rings (SSSR count). The van der Waals surface area contributed by atoms with Crippen molar-refractivity contribution >= 4 is 10.8 Å². The van der Waals surface area contributed by atoms with E-state index < -0.39 is 0 Å². The number of fused-ring (bicyclic) bond motifs is 1. The molecular formula is C17H20N4. The number of aryl methyl sites for hydroxylation is 1. The van der Waals surface area contributed by atoms with Gasteiger partial charge in [-0.1, -0.05) is 42.5 Å². The molecule has 0 fully saturated rings. The predicted octanol–water partition coefficient (Wildman–Crippen LogP) is 2.86. The van der Waals surface area contributed by atoms with Gasteiger partial charge in [0, 0.05) is 26.1 Å². The van der Waals surface area contributed by atoms with E-state index in [1.165, 1.54) is 16.3 Å². The van der Waals surface area contributed by atoms with Gasteiger partial charge in [-0.15, -0.1) is 10.2 Å². The highest BCUT2D eigenvalue weighted by Gasteiger charge is 2.09. The fraction of sp³-hybridized carbons (Fsp3) is 0.294. The van der Waals surface area contributed by atoms with Crippen LogP contribution in [0, 0.1) is 0 Å². The van der Waals surface area contributed by atoms with E-state index in [1.54, 1.807) is 6.33 Å². The normalized spacial score (nSPS) is 12.7. The molecule has 0 amide bonds. The van der Waals surface area contributed by atoms with Gasteiger partial charge in [-0.25, -0.2) is 0 Å². The Morgan fingerprint density at radius 1 is 1.14 bits per heavy atom. The molecule has 1 heterocycles. The minimum absolute atomic E-state index is 0.310. The zero-order valence-electron chi connectivity index (χ0n) is 12.5. The number of benzene rings is 2. The summed E-state index contributed by atoms with van der Waals surface area (Å²) in [6, 6.07) is 15.3. The number of hydrogen-bond donors (Lipinski definition) is 1. The second-order valence-corrected chi connectivity index (χ2v) is 5.35. The van der Waals surface area contributed by atoms with Crippen LogP contribution in [0.4, 0.5) is 0 Å². The summed E-state index contributed by atoms with van der Waals surface area (Å²) in [7, 11) is 1.98. The highest BCUT2D eigenvalue weighted by molar-refractivity contribution is 5.86. The molecule has 0 radical (unpaired) electrons. The summed E-state index contributed by atoms with van der Waals surface area (Å²) in [5, 5.41) is 14.2. The summed E-state index contributed by atoms with van der Waals surface area (Å²) >= 11 is 0. The molecule has 3 aromatic rings. The maximum atomic E-state index is 4.11. The fourth-order valence-electron chi connectivity index (χ4n) is 2.67. The molecule has 1 N–H and O–H groups in total. The van der Waals surface area contributed by atoms with Crippen LogP contribution in [0.5, 0.6) is 0 Å². The van der Waals surface area contributed by atoms with Crippen molar-refractivity contribution in [2.75, 3.05) is 6.54 Å². The zero-order valence-corrected chi connectivity index (χ0v) is 12.5. The first kappa shape index (κ1) is 13.8. The monoisotopic (exact) mass is 280 g/mol. The lowest BCUT2D eigenvalue weighted by atomic mass is 10.00. The van der Waals surface area contributed by atoms with Crippen LogP contribution in [0.25, 0.3) is 10.8 Å². The molecule has 0 spiro atoms. The molecule has 0 saturated heterocycles. The topological polar surface area (TPSA) is 42.7 Å². The molecule has 2 aromatic carbocycles. The highest BCUT2D eigenvalue weighted by atomic mass is 15.2. The third-order valence-corrected chi connectivity index (χ3v) is 3.89. The fourth-order valence-corrected chi connectivity index (χ4v) is 2.67. The van der Waals surface area contributed by atoms with E-state index >= 15 is 0 Å². The number of aromatic nitrogens is 3. The first-order valence-electron chi connectivity index (χ1n) is 7.29. The van der Waals surface area contributed by atoms with Gasteiger partial charge < -0.3 is 9.88 Å². The van der Waals surface area contributed by atoms with E-state index in [9.17, 15) is 0 Å². The Morgan fingerprint density at radius 2 is 1.95 bits per heavy atom. The van der Waals surface area contributed by atoms with E-state index in [4.69, 9.17) is 0 Å². The number of hydrogen-bond acceptors (Lipinski definition) is 3. The maximum Gasteiger partial charge on any atom is 0.133 e. The van der Waals surface area contributed by atoms with Crippen molar-refractivity contribution in [2.45, 2.75) is 19.4 Å².